The molecule has 1 aliphatic rings. The Hall–Kier alpha value is -3.31. The number of likely N-dealkylation sites (N-methyl/N-ethyl adjacent to an activating group) is 1. The summed E-state index contributed by atoms with van der Waals surface area (Å²) in [4.78, 5) is 41.4. The maximum absolute atomic E-state index is 14.2. The minimum Gasteiger partial charge on any atom is -0.342 e. The number of amides is 3. The van der Waals surface area contributed by atoms with E-state index in [1.54, 1.807) is 34.6 Å². The topological polar surface area (TPSA) is 117 Å². The molecule has 3 heterocycles. The predicted molar refractivity (Wildman–Crippen MR) is 162 cm³/mol. The van der Waals surface area contributed by atoms with E-state index in [0.717, 1.165) is 31.3 Å². The normalized spacial score (nSPS) is 16.4. The highest BCUT2D eigenvalue weighted by molar-refractivity contribution is 7.17. The lowest BCUT2D eigenvalue weighted by molar-refractivity contribution is -0.140. The van der Waals surface area contributed by atoms with Crippen molar-refractivity contribution >= 4 is 60.6 Å². The van der Waals surface area contributed by atoms with E-state index in [1.807, 2.05) is 41.8 Å². The van der Waals surface area contributed by atoms with Crippen molar-refractivity contribution in [1.29, 1.82) is 0 Å². The maximum atomic E-state index is 14.2. The number of hydrogen-bond donors (Lipinski definition) is 4. The van der Waals surface area contributed by atoms with E-state index >= 15 is 0 Å². The van der Waals surface area contributed by atoms with Gasteiger partial charge in [0.15, 0.2) is 0 Å². The highest BCUT2D eigenvalue weighted by Gasteiger charge is 2.38. The molecular formula is C30H35N5O3S2. The molecule has 0 unspecified atom stereocenters. The van der Waals surface area contributed by atoms with Crippen molar-refractivity contribution in [1.82, 2.24) is 20.9 Å². The molecule has 10 heteroatoms. The Kier molecular flexibility index (Phi) is 8.51. The molecule has 2 aromatic heterocycles. The molecule has 4 aromatic rings. The van der Waals surface area contributed by atoms with Crippen molar-refractivity contribution in [3.63, 3.8) is 0 Å². The molecule has 1 saturated heterocycles. The number of nitrogens with one attached hydrogen (secondary N) is 3. The van der Waals surface area contributed by atoms with Gasteiger partial charge in [-0.2, -0.15) is 0 Å². The monoisotopic (exact) mass is 577 g/mol. The average molecular weight is 578 g/mol. The van der Waals surface area contributed by atoms with Crippen molar-refractivity contribution in [2.75, 3.05) is 20.1 Å². The number of carbonyl (C=O) groups excluding carboxylic acids is 3. The van der Waals surface area contributed by atoms with Crippen molar-refractivity contribution in [3.05, 3.63) is 70.4 Å². The van der Waals surface area contributed by atoms with Crippen LogP contribution in [-0.4, -0.2) is 60.5 Å². The first-order valence-corrected chi connectivity index (χ1v) is 15.3. The van der Waals surface area contributed by atoms with E-state index in [-0.39, 0.29) is 17.7 Å². The van der Waals surface area contributed by atoms with Gasteiger partial charge in [0.2, 0.25) is 17.7 Å². The van der Waals surface area contributed by atoms with Gasteiger partial charge in [0, 0.05) is 36.2 Å². The maximum Gasteiger partial charge on any atom is 0.246 e. The van der Waals surface area contributed by atoms with Crippen LogP contribution in [0, 0.1) is 0 Å². The molecule has 0 bridgehead atoms. The van der Waals surface area contributed by atoms with Crippen molar-refractivity contribution in [2.24, 2.45) is 5.73 Å². The van der Waals surface area contributed by atoms with Gasteiger partial charge in [0.1, 0.15) is 12.2 Å². The SMILES string of the molecule is CC(=O)N[C@@H](Cc1csc2ccccc12)N(C)C(=O)[C@@H](Cc1csc2ccccc12)NC(=O)C1(N)CCNCC1. The van der Waals surface area contributed by atoms with Gasteiger partial charge in [-0.25, -0.2) is 0 Å². The zero-order valence-electron chi connectivity index (χ0n) is 22.7. The van der Waals surface area contributed by atoms with Crippen LogP contribution in [0.3, 0.4) is 0 Å². The summed E-state index contributed by atoms with van der Waals surface area (Å²) in [5.74, 6) is -0.830. The van der Waals surface area contributed by atoms with E-state index in [2.05, 4.69) is 33.5 Å². The summed E-state index contributed by atoms with van der Waals surface area (Å²) in [5.41, 5.74) is 7.54. The first kappa shape index (κ1) is 28.2. The predicted octanol–water partition coefficient (Wildman–Crippen LogP) is 3.39. The molecule has 210 valence electrons. The number of piperidine rings is 1. The van der Waals surface area contributed by atoms with Crippen LogP contribution < -0.4 is 21.7 Å². The van der Waals surface area contributed by atoms with E-state index < -0.39 is 17.7 Å². The summed E-state index contributed by atoms with van der Waals surface area (Å²) in [5, 5.41) is 15.5. The first-order valence-electron chi connectivity index (χ1n) is 13.5. The molecule has 0 saturated carbocycles. The van der Waals surface area contributed by atoms with E-state index in [0.29, 0.717) is 38.8 Å². The zero-order valence-corrected chi connectivity index (χ0v) is 24.4. The van der Waals surface area contributed by atoms with E-state index in [4.69, 9.17) is 5.73 Å². The molecule has 40 heavy (non-hydrogen) atoms. The molecule has 1 aliphatic heterocycles. The van der Waals surface area contributed by atoms with Crippen LogP contribution in [-0.2, 0) is 27.2 Å². The molecule has 3 amide bonds. The Bertz CT molecular complexity index is 1520. The Morgan fingerprint density at radius 3 is 2.05 bits per heavy atom. The number of fused-ring (bicyclic) bond motifs is 2. The van der Waals surface area contributed by atoms with Crippen LogP contribution in [0.4, 0.5) is 0 Å². The molecule has 2 aromatic carbocycles. The van der Waals surface area contributed by atoms with Gasteiger partial charge in [-0.1, -0.05) is 36.4 Å². The summed E-state index contributed by atoms with van der Waals surface area (Å²) >= 11 is 3.25. The standard InChI is InChI=1S/C30H35N5O3S2/c1-19(36)33-27(16-21-18-40-26-10-6-4-8-23(21)26)35(2)28(37)24(34-29(38)30(31)11-13-32-14-12-30)15-20-17-39-25-9-5-3-7-22(20)25/h3-10,17-18,24,27,32H,11-16,31H2,1-2H3,(H,33,36)(H,34,38)/t24-,27-/m1/s1. The quantitative estimate of drug-likeness (QED) is 0.228. The smallest absolute Gasteiger partial charge is 0.246 e. The second-order valence-corrected chi connectivity index (χ2v) is 12.3. The van der Waals surface area contributed by atoms with Crippen LogP contribution in [0.1, 0.15) is 30.9 Å². The van der Waals surface area contributed by atoms with Crippen molar-refractivity contribution in [3.8, 4) is 0 Å². The van der Waals surface area contributed by atoms with Crippen LogP contribution >= 0.6 is 22.7 Å². The molecular weight excluding hydrogens is 542 g/mol. The first-order chi connectivity index (χ1) is 19.2. The summed E-state index contributed by atoms with van der Waals surface area (Å²) in [6, 6.07) is 15.3. The largest absolute Gasteiger partial charge is 0.342 e. The molecule has 5 rings (SSSR count). The highest BCUT2D eigenvalue weighted by atomic mass is 32.1. The van der Waals surface area contributed by atoms with Crippen molar-refractivity contribution < 1.29 is 14.4 Å². The zero-order chi connectivity index (χ0) is 28.3. The van der Waals surface area contributed by atoms with Gasteiger partial charge >= 0.3 is 0 Å². The Balaban J connectivity index is 1.43. The second kappa shape index (κ2) is 12.1. The molecule has 1 fully saturated rings. The number of nitrogens with two attached hydrogens (primary N) is 1. The molecule has 0 radical (unpaired) electrons. The van der Waals surface area contributed by atoms with E-state index in [1.165, 1.54) is 6.92 Å². The third kappa shape index (κ3) is 6.05. The molecule has 2 atom stereocenters. The van der Waals surface area contributed by atoms with Gasteiger partial charge in [0.25, 0.3) is 0 Å². The van der Waals surface area contributed by atoms with Gasteiger partial charge in [-0.3, -0.25) is 14.4 Å². The van der Waals surface area contributed by atoms with Crippen LogP contribution in [0.5, 0.6) is 0 Å². The fraction of sp³-hybridized carbons (Fsp3) is 0.367. The second-order valence-electron chi connectivity index (χ2n) is 10.5. The fourth-order valence-electron chi connectivity index (χ4n) is 5.33. The number of carbonyl (C=O) groups is 3. The molecule has 8 nitrogen and oxygen atoms in total. The van der Waals surface area contributed by atoms with Crippen molar-refractivity contribution in [2.45, 2.75) is 50.4 Å². The van der Waals surface area contributed by atoms with Gasteiger partial charge in [-0.15, -0.1) is 22.7 Å². The number of nitrogens with zero attached hydrogens (tertiary/aromatic N) is 1. The minimum absolute atomic E-state index is 0.232. The number of hydrogen-bond acceptors (Lipinski definition) is 7. The number of benzene rings is 2. The summed E-state index contributed by atoms with van der Waals surface area (Å²) in [6.07, 6.45) is 1.17. The number of rotatable bonds is 9. The van der Waals surface area contributed by atoms with Gasteiger partial charge < -0.3 is 26.6 Å². The molecule has 5 N–H and O–H groups in total. The van der Waals surface area contributed by atoms with Gasteiger partial charge in [-0.05, 0) is 70.7 Å². The Labute approximate surface area is 241 Å². The molecule has 0 aliphatic carbocycles. The third-order valence-corrected chi connectivity index (χ3v) is 9.72. The number of thiophene rings is 2. The van der Waals surface area contributed by atoms with Crippen LogP contribution in [0.2, 0.25) is 0 Å². The summed E-state index contributed by atoms with van der Waals surface area (Å²) in [6.45, 7) is 2.75. The summed E-state index contributed by atoms with van der Waals surface area (Å²) < 4.78 is 2.27. The third-order valence-electron chi connectivity index (χ3n) is 7.70. The summed E-state index contributed by atoms with van der Waals surface area (Å²) in [7, 11) is 1.69. The highest BCUT2D eigenvalue weighted by Crippen LogP contribution is 2.29. The lowest BCUT2D eigenvalue weighted by Crippen LogP contribution is -2.63. The average Bonchev–Trinajstić information content (AvgIpc) is 3.56. The minimum atomic E-state index is -1.04. The fourth-order valence-corrected chi connectivity index (χ4v) is 7.28. The van der Waals surface area contributed by atoms with E-state index in [9.17, 15) is 14.4 Å². The lowest BCUT2D eigenvalue weighted by atomic mass is 9.88. The van der Waals surface area contributed by atoms with Crippen LogP contribution in [0.15, 0.2) is 59.3 Å². The van der Waals surface area contributed by atoms with Gasteiger partial charge in [0.05, 0.1) is 5.54 Å². The van der Waals surface area contributed by atoms with Crippen LogP contribution in [0.25, 0.3) is 20.2 Å². The molecule has 0 spiro atoms. The Morgan fingerprint density at radius 2 is 1.48 bits per heavy atom. The lowest BCUT2D eigenvalue weighted by Gasteiger charge is -2.36. The Morgan fingerprint density at radius 1 is 0.925 bits per heavy atom.